The van der Waals surface area contributed by atoms with E-state index in [-0.39, 0.29) is 42.5 Å². The van der Waals surface area contributed by atoms with Crippen LogP contribution >= 0.6 is 11.3 Å². The second kappa shape index (κ2) is 9.86. The second-order valence-electron chi connectivity index (χ2n) is 10.4. The zero-order chi connectivity index (χ0) is 24.6. The number of hydrogen-bond donors (Lipinski definition) is 1. The molecule has 1 aromatic carbocycles. The molecule has 0 spiro atoms. The number of benzene rings is 1. The SMILES string of the molecule is Cc1ccccc1C1(CC(=O)N2CCC(C(O)c3cccs3)CC2)CC(=O)N(C2CCCC2)C1=O. The van der Waals surface area contributed by atoms with Crippen molar-refractivity contribution < 1.29 is 19.5 Å². The number of carbonyl (C=O) groups is 3. The smallest absolute Gasteiger partial charge is 0.241 e. The van der Waals surface area contributed by atoms with Crippen molar-refractivity contribution in [2.75, 3.05) is 13.1 Å². The summed E-state index contributed by atoms with van der Waals surface area (Å²) in [7, 11) is 0. The Hall–Kier alpha value is -2.51. The fourth-order valence-electron chi connectivity index (χ4n) is 6.37. The highest BCUT2D eigenvalue weighted by Gasteiger charge is 2.56. The minimum absolute atomic E-state index is 0.0177. The fraction of sp³-hybridized carbons (Fsp3) is 0.536. The molecule has 3 aliphatic rings. The van der Waals surface area contributed by atoms with Gasteiger partial charge >= 0.3 is 0 Å². The van der Waals surface area contributed by atoms with Gasteiger partial charge in [-0.3, -0.25) is 19.3 Å². The second-order valence-corrected chi connectivity index (χ2v) is 11.4. The first-order chi connectivity index (χ1) is 16.9. The van der Waals surface area contributed by atoms with Crippen molar-refractivity contribution in [2.45, 2.75) is 75.9 Å². The lowest BCUT2D eigenvalue weighted by Crippen LogP contribution is -2.47. The molecule has 7 heteroatoms. The maximum atomic E-state index is 14.0. The molecule has 35 heavy (non-hydrogen) atoms. The molecule has 1 aliphatic carbocycles. The van der Waals surface area contributed by atoms with Gasteiger partial charge < -0.3 is 10.0 Å². The molecule has 1 aromatic heterocycles. The normalized spacial score (nSPS) is 25.0. The summed E-state index contributed by atoms with van der Waals surface area (Å²) < 4.78 is 0. The summed E-state index contributed by atoms with van der Waals surface area (Å²) in [4.78, 5) is 45.1. The predicted octanol–water partition coefficient (Wildman–Crippen LogP) is 4.36. The van der Waals surface area contributed by atoms with Crippen molar-refractivity contribution in [3.8, 4) is 0 Å². The zero-order valence-electron chi connectivity index (χ0n) is 20.3. The van der Waals surface area contributed by atoms with E-state index in [4.69, 9.17) is 0 Å². The first kappa shape index (κ1) is 24.2. The number of piperidine rings is 1. The van der Waals surface area contributed by atoms with Crippen LogP contribution in [-0.2, 0) is 19.8 Å². The standard InChI is InChI=1S/C28H34N2O4S/c1-19-7-2-5-10-22(19)28(18-25(32)30(27(28)34)21-8-3-4-9-21)17-24(31)29-14-12-20(13-15-29)26(33)23-11-6-16-35-23/h2,5-7,10-11,16,20-21,26,33H,3-4,8-9,12-15,17-18H2,1H3. The molecule has 5 rings (SSSR count). The van der Waals surface area contributed by atoms with Gasteiger partial charge in [0.2, 0.25) is 17.7 Å². The Kier molecular flexibility index (Phi) is 6.82. The largest absolute Gasteiger partial charge is 0.387 e. The summed E-state index contributed by atoms with van der Waals surface area (Å²) >= 11 is 1.56. The molecule has 1 saturated carbocycles. The van der Waals surface area contributed by atoms with Crippen LogP contribution in [0.3, 0.4) is 0 Å². The number of aliphatic hydroxyl groups excluding tert-OH is 1. The third-order valence-corrected chi connectivity index (χ3v) is 9.27. The summed E-state index contributed by atoms with van der Waals surface area (Å²) in [5.74, 6) is -0.293. The molecule has 186 valence electrons. The van der Waals surface area contributed by atoms with Crippen LogP contribution in [-0.4, -0.2) is 51.8 Å². The van der Waals surface area contributed by atoms with Crippen molar-refractivity contribution in [3.63, 3.8) is 0 Å². The van der Waals surface area contributed by atoms with Gasteiger partial charge in [0.05, 0.1) is 11.5 Å². The Labute approximate surface area is 210 Å². The molecule has 0 bridgehead atoms. The van der Waals surface area contributed by atoms with Crippen molar-refractivity contribution in [1.82, 2.24) is 9.80 Å². The van der Waals surface area contributed by atoms with Gasteiger partial charge in [0, 0.05) is 36.9 Å². The molecular formula is C28H34N2O4S. The van der Waals surface area contributed by atoms with Crippen LogP contribution in [0, 0.1) is 12.8 Å². The predicted molar refractivity (Wildman–Crippen MR) is 135 cm³/mol. The quantitative estimate of drug-likeness (QED) is 0.606. The molecule has 2 aromatic rings. The van der Waals surface area contributed by atoms with Crippen LogP contribution in [0.2, 0.25) is 0 Å². The molecule has 3 amide bonds. The summed E-state index contributed by atoms with van der Waals surface area (Å²) in [5.41, 5.74) is 0.609. The van der Waals surface area contributed by atoms with Gasteiger partial charge in [0.25, 0.3) is 0 Å². The van der Waals surface area contributed by atoms with E-state index in [0.717, 1.165) is 54.5 Å². The van der Waals surface area contributed by atoms with Crippen molar-refractivity contribution >= 4 is 29.1 Å². The number of amides is 3. The van der Waals surface area contributed by atoms with E-state index in [2.05, 4.69) is 0 Å². The molecule has 1 N–H and O–H groups in total. The lowest BCUT2D eigenvalue weighted by Gasteiger charge is -2.36. The fourth-order valence-corrected chi connectivity index (χ4v) is 7.18. The minimum Gasteiger partial charge on any atom is -0.387 e. The van der Waals surface area contributed by atoms with Crippen LogP contribution in [0.4, 0.5) is 0 Å². The molecule has 2 atom stereocenters. The molecular weight excluding hydrogens is 460 g/mol. The molecule has 3 fully saturated rings. The highest BCUT2D eigenvalue weighted by Crippen LogP contribution is 2.44. The number of rotatable bonds is 6. The van der Waals surface area contributed by atoms with E-state index in [1.165, 1.54) is 4.90 Å². The maximum Gasteiger partial charge on any atom is 0.241 e. The lowest BCUT2D eigenvalue weighted by molar-refractivity contribution is -0.145. The van der Waals surface area contributed by atoms with Crippen molar-refractivity contribution in [3.05, 3.63) is 57.8 Å². The topological polar surface area (TPSA) is 77.9 Å². The summed E-state index contributed by atoms with van der Waals surface area (Å²) in [6, 6.07) is 11.5. The summed E-state index contributed by atoms with van der Waals surface area (Å²) in [6.45, 7) is 3.07. The molecule has 0 radical (unpaired) electrons. The van der Waals surface area contributed by atoms with Gasteiger partial charge in [0.15, 0.2) is 0 Å². The average Bonchev–Trinajstić information content (AvgIpc) is 3.62. The molecule has 2 aliphatic heterocycles. The lowest BCUT2D eigenvalue weighted by atomic mass is 9.73. The summed E-state index contributed by atoms with van der Waals surface area (Å²) in [6.07, 6.45) is 4.81. The number of nitrogens with zero attached hydrogens (tertiary/aromatic N) is 2. The monoisotopic (exact) mass is 494 g/mol. The number of likely N-dealkylation sites (tertiary alicyclic amines) is 2. The Balaban J connectivity index is 1.35. The maximum absolute atomic E-state index is 14.0. The van der Waals surface area contributed by atoms with E-state index < -0.39 is 11.5 Å². The third-order valence-electron chi connectivity index (χ3n) is 8.33. The van der Waals surface area contributed by atoms with Gasteiger partial charge in [-0.05, 0) is 61.1 Å². The van der Waals surface area contributed by atoms with Gasteiger partial charge in [-0.2, -0.15) is 0 Å². The Bertz CT molecular complexity index is 1090. The van der Waals surface area contributed by atoms with Gasteiger partial charge in [-0.15, -0.1) is 11.3 Å². The van der Waals surface area contributed by atoms with E-state index in [1.54, 1.807) is 11.3 Å². The van der Waals surface area contributed by atoms with Crippen LogP contribution < -0.4 is 0 Å². The van der Waals surface area contributed by atoms with E-state index in [0.29, 0.717) is 13.1 Å². The average molecular weight is 495 g/mol. The first-order valence-corrected chi connectivity index (χ1v) is 13.7. The zero-order valence-corrected chi connectivity index (χ0v) is 21.1. The van der Waals surface area contributed by atoms with Crippen LogP contribution in [0.1, 0.15) is 73.5 Å². The number of thiophene rings is 1. The van der Waals surface area contributed by atoms with Gasteiger partial charge in [-0.25, -0.2) is 0 Å². The molecule has 2 saturated heterocycles. The van der Waals surface area contributed by atoms with E-state index in [9.17, 15) is 19.5 Å². The van der Waals surface area contributed by atoms with E-state index >= 15 is 0 Å². The minimum atomic E-state index is -1.13. The highest BCUT2D eigenvalue weighted by molar-refractivity contribution is 7.10. The van der Waals surface area contributed by atoms with Crippen molar-refractivity contribution in [2.24, 2.45) is 5.92 Å². The number of imide groups is 1. The van der Waals surface area contributed by atoms with Crippen LogP contribution in [0.15, 0.2) is 41.8 Å². The number of aryl methyl sites for hydroxylation is 1. The Morgan fingerprint density at radius 3 is 2.46 bits per heavy atom. The molecule has 6 nitrogen and oxygen atoms in total. The number of hydrogen-bond acceptors (Lipinski definition) is 5. The number of carbonyl (C=O) groups excluding carboxylic acids is 3. The Morgan fingerprint density at radius 2 is 1.80 bits per heavy atom. The third kappa shape index (κ3) is 4.45. The first-order valence-electron chi connectivity index (χ1n) is 12.8. The summed E-state index contributed by atoms with van der Waals surface area (Å²) in [5, 5.41) is 12.7. The van der Waals surface area contributed by atoms with Crippen LogP contribution in [0.25, 0.3) is 0 Å². The van der Waals surface area contributed by atoms with Gasteiger partial charge in [0.1, 0.15) is 0 Å². The van der Waals surface area contributed by atoms with Gasteiger partial charge in [-0.1, -0.05) is 43.2 Å². The molecule has 2 unspecified atom stereocenters. The highest BCUT2D eigenvalue weighted by atomic mass is 32.1. The van der Waals surface area contributed by atoms with Crippen LogP contribution in [0.5, 0.6) is 0 Å². The Morgan fingerprint density at radius 1 is 1.09 bits per heavy atom. The molecule has 3 heterocycles. The van der Waals surface area contributed by atoms with Crippen molar-refractivity contribution in [1.29, 1.82) is 0 Å². The van der Waals surface area contributed by atoms with E-state index in [1.807, 2.05) is 53.6 Å². The number of aliphatic hydroxyl groups is 1.